The van der Waals surface area contributed by atoms with Gasteiger partial charge in [0.1, 0.15) is 0 Å². The summed E-state index contributed by atoms with van der Waals surface area (Å²) in [5.41, 5.74) is 0.519. The van der Waals surface area contributed by atoms with Gasteiger partial charge in [-0.2, -0.15) is 0 Å². The van der Waals surface area contributed by atoms with Crippen LogP contribution in [0.2, 0.25) is 0 Å². The van der Waals surface area contributed by atoms with E-state index in [2.05, 4.69) is 15.9 Å². The third-order valence-corrected chi connectivity index (χ3v) is 1.94. The Labute approximate surface area is 75.4 Å². The van der Waals surface area contributed by atoms with Crippen molar-refractivity contribution < 1.29 is 9.90 Å². The summed E-state index contributed by atoms with van der Waals surface area (Å²) in [5.74, 6) is -0.790. The molecule has 0 aromatic rings. The molecule has 0 aliphatic rings. The molecule has 0 saturated heterocycles. The first kappa shape index (κ1) is 10.7. The summed E-state index contributed by atoms with van der Waals surface area (Å²) in [5, 5.41) is 9.52. The zero-order chi connectivity index (χ0) is 8.69. The molecular weight excluding hydrogens is 208 g/mol. The lowest BCUT2D eigenvalue weighted by molar-refractivity contribution is -0.132. The lowest BCUT2D eigenvalue weighted by Crippen LogP contribution is -1.98. The number of aliphatic carboxylic acids is 1. The number of carbonyl (C=O) groups is 1. The first-order chi connectivity index (χ1) is 5.22. The van der Waals surface area contributed by atoms with E-state index in [1.54, 1.807) is 6.08 Å². The van der Waals surface area contributed by atoms with Gasteiger partial charge in [0, 0.05) is 10.9 Å². The monoisotopic (exact) mass is 220 g/mol. The standard InChI is InChI=1S/C8H13BrO2/c1-2-7(8(10)11)5-3-4-6-9/h5H,2-4,6H2,1H3,(H,10,11). The summed E-state index contributed by atoms with van der Waals surface area (Å²) >= 11 is 3.28. The van der Waals surface area contributed by atoms with Crippen LogP contribution < -0.4 is 0 Å². The number of hydrogen-bond acceptors (Lipinski definition) is 1. The van der Waals surface area contributed by atoms with E-state index in [1.807, 2.05) is 6.92 Å². The molecule has 0 amide bonds. The van der Waals surface area contributed by atoms with Gasteiger partial charge in [0.05, 0.1) is 0 Å². The molecule has 2 nitrogen and oxygen atoms in total. The van der Waals surface area contributed by atoms with Crippen molar-refractivity contribution in [1.29, 1.82) is 0 Å². The van der Waals surface area contributed by atoms with Crippen LogP contribution in [0.5, 0.6) is 0 Å². The summed E-state index contributed by atoms with van der Waals surface area (Å²) < 4.78 is 0. The molecule has 0 fully saturated rings. The summed E-state index contributed by atoms with van der Waals surface area (Å²) in [7, 11) is 0. The van der Waals surface area contributed by atoms with Crippen LogP contribution in [0.4, 0.5) is 0 Å². The molecule has 0 heterocycles. The fraction of sp³-hybridized carbons (Fsp3) is 0.625. The molecule has 0 aliphatic carbocycles. The van der Waals surface area contributed by atoms with Crippen molar-refractivity contribution in [1.82, 2.24) is 0 Å². The molecule has 64 valence electrons. The van der Waals surface area contributed by atoms with Crippen molar-refractivity contribution >= 4 is 21.9 Å². The predicted molar refractivity (Wildman–Crippen MR) is 49.0 cm³/mol. The van der Waals surface area contributed by atoms with Crippen molar-refractivity contribution in [2.75, 3.05) is 5.33 Å². The Kier molecular flexibility index (Phi) is 6.22. The summed E-state index contributed by atoms with van der Waals surface area (Å²) in [6.45, 7) is 1.86. The maximum absolute atomic E-state index is 10.4. The van der Waals surface area contributed by atoms with Crippen LogP contribution in [-0.4, -0.2) is 16.4 Å². The highest BCUT2D eigenvalue weighted by atomic mass is 79.9. The molecule has 0 rings (SSSR count). The minimum absolute atomic E-state index is 0.519. The number of carboxylic acids is 1. The molecule has 0 radical (unpaired) electrons. The average Bonchev–Trinajstić information content (AvgIpc) is 1.97. The highest BCUT2D eigenvalue weighted by molar-refractivity contribution is 9.09. The van der Waals surface area contributed by atoms with Crippen LogP contribution >= 0.6 is 15.9 Å². The molecule has 0 bridgehead atoms. The summed E-state index contributed by atoms with van der Waals surface area (Å²) in [6, 6.07) is 0. The molecule has 0 aliphatic heterocycles. The minimum Gasteiger partial charge on any atom is -0.478 e. The lowest BCUT2D eigenvalue weighted by atomic mass is 10.1. The Morgan fingerprint density at radius 3 is 2.64 bits per heavy atom. The van der Waals surface area contributed by atoms with E-state index in [0.717, 1.165) is 18.2 Å². The lowest BCUT2D eigenvalue weighted by Gasteiger charge is -1.95. The van der Waals surface area contributed by atoms with Crippen molar-refractivity contribution in [2.24, 2.45) is 0 Å². The smallest absolute Gasteiger partial charge is 0.331 e. The Hall–Kier alpha value is -0.310. The van der Waals surface area contributed by atoms with Gasteiger partial charge in [-0.25, -0.2) is 4.79 Å². The van der Waals surface area contributed by atoms with Crippen LogP contribution in [0.15, 0.2) is 11.6 Å². The van der Waals surface area contributed by atoms with Crippen LogP contribution in [-0.2, 0) is 4.79 Å². The van der Waals surface area contributed by atoms with Gasteiger partial charge in [0.25, 0.3) is 0 Å². The Morgan fingerprint density at radius 2 is 2.27 bits per heavy atom. The Morgan fingerprint density at radius 1 is 1.64 bits per heavy atom. The Balaban J connectivity index is 3.81. The zero-order valence-electron chi connectivity index (χ0n) is 6.64. The number of unbranched alkanes of at least 4 members (excludes halogenated alkanes) is 1. The normalized spacial score (nSPS) is 11.6. The minimum atomic E-state index is -0.790. The zero-order valence-corrected chi connectivity index (χ0v) is 8.23. The molecule has 0 aromatic carbocycles. The molecule has 3 heteroatoms. The number of rotatable bonds is 5. The predicted octanol–water partition coefficient (Wildman–Crippen LogP) is 2.58. The van der Waals surface area contributed by atoms with Gasteiger partial charge in [-0.05, 0) is 19.3 Å². The maximum atomic E-state index is 10.4. The molecular formula is C8H13BrO2. The number of alkyl halides is 1. The average molecular weight is 221 g/mol. The maximum Gasteiger partial charge on any atom is 0.331 e. The van der Waals surface area contributed by atoms with Crippen molar-refractivity contribution in [3.63, 3.8) is 0 Å². The molecule has 0 atom stereocenters. The van der Waals surface area contributed by atoms with E-state index in [-0.39, 0.29) is 0 Å². The number of hydrogen-bond donors (Lipinski definition) is 1. The van der Waals surface area contributed by atoms with E-state index in [1.165, 1.54) is 0 Å². The van der Waals surface area contributed by atoms with Crippen LogP contribution in [0.1, 0.15) is 26.2 Å². The van der Waals surface area contributed by atoms with Gasteiger partial charge in [0.2, 0.25) is 0 Å². The van der Waals surface area contributed by atoms with Crippen molar-refractivity contribution in [3.8, 4) is 0 Å². The third-order valence-electron chi connectivity index (χ3n) is 1.38. The first-order valence-corrected chi connectivity index (χ1v) is 4.82. The number of halogens is 1. The van der Waals surface area contributed by atoms with Crippen LogP contribution in [0.25, 0.3) is 0 Å². The molecule has 0 spiro atoms. The molecule has 0 saturated carbocycles. The summed E-state index contributed by atoms with van der Waals surface area (Å²) in [6.07, 6.45) is 4.25. The highest BCUT2D eigenvalue weighted by Gasteiger charge is 2.01. The van der Waals surface area contributed by atoms with Gasteiger partial charge in [0.15, 0.2) is 0 Å². The quantitative estimate of drug-likeness (QED) is 0.440. The molecule has 0 aromatic heterocycles. The van der Waals surface area contributed by atoms with Crippen LogP contribution in [0, 0.1) is 0 Å². The third kappa shape index (κ3) is 5.01. The van der Waals surface area contributed by atoms with E-state index in [9.17, 15) is 4.79 Å². The van der Waals surface area contributed by atoms with Crippen molar-refractivity contribution in [2.45, 2.75) is 26.2 Å². The topological polar surface area (TPSA) is 37.3 Å². The SMILES string of the molecule is CCC(=CCCCBr)C(=O)O. The van der Waals surface area contributed by atoms with Crippen molar-refractivity contribution in [3.05, 3.63) is 11.6 Å². The van der Waals surface area contributed by atoms with Gasteiger partial charge in [-0.15, -0.1) is 0 Å². The summed E-state index contributed by atoms with van der Waals surface area (Å²) in [4.78, 5) is 10.4. The molecule has 1 N–H and O–H groups in total. The van der Waals surface area contributed by atoms with E-state index in [4.69, 9.17) is 5.11 Å². The van der Waals surface area contributed by atoms with Gasteiger partial charge in [-0.1, -0.05) is 28.9 Å². The fourth-order valence-corrected chi connectivity index (χ4v) is 1.06. The largest absolute Gasteiger partial charge is 0.478 e. The van der Waals surface area contributed by atoms with E-state index in [0.29, 0.717) is 12.0 Å². The highest BCUT2D eigenvalue weighted by Crippen LogP contribution is 2.04. The second-order valence-corrected chi connectivity index (χ2v) is 3.01. The molecule has 11 heavy (non-hydrogen) atoms. The van der Waals surface area contributed by atoms with E-state index < -0.39 is 5.97 Å². The molecule has 0 unspecified atom stereocenters. The van der Waals surface area contributed by atoms with Gasteiger partial charge >= 0.3 is 5.97 Å². The second-order valence-electron chi connectivity index (χ2n) is 2.22. The van der Waals surface area contributed by atoms with E-state index >= 15 is 0 Å². The number of allylic oxidation sites excluding steroid dienone is 1. The van der Waals surface area contributed by atoms with Crippen LogP contribution in [0.3, 0.4) is 0 Å². The van der Waals surface area contributed by atoms with Gasteiger partial charge in [-0.3, -0.25) is 0 Å². The Bertz CT molecular complexity index is 152. The van der Waals surface area contributed by atoms with Gasteiger partial charge < -0.3 is 5.11 Å². The fourth-order valence-electron chi connectivity index (χ4n) is 0.736. The second kappa shape index (κ2) is 6.40. The number of carboxylic acid groups (broad SMARTS) is 1. The first-order valence-electron chi connectivity index (χ1n) is 3.70.